The van der Waals surface area contributed by atoms with Crippen molar-refractivity contribution in [1.29, 1.82) is 0 Å². The van der Waals surface area contributed by atoms with Gasteiger partial charge < -0.3 is 9.84 Å². The van der Waals surface area contributed by atoms with Crippen molar-refractivity contribution in [1.82, 2.24) is 0 Å². The Balaban J connectivity index is 2.53. The molecule has 0 bridgehead atoms. The number of hydrogen-bond acceptors (Lipinski definition) is 2. The van der Waals surface area contributed by atoms with Crippen LogP contribution < -0.4 is 0 Å². The Labute approximate surface area is 91.8 Å². The number of hydrogen-bond donors (Lipinski definition) is 1. The van der Waals surface area contributed by atoms with Crippen LogP contribution in [0.5, 0.6) is 0 Å². The van der Waals surface area contributed by atoms with Crippen LogP contribution in [0, 0.1) is 11.3 Å². The van der Waals surface area contributed by atoms with Crippen LogP contribution in [-0.4, -0.2) is 24.8 Å². The maximum atomic E-state index is 11.3. The largest absolute Gasteiger partial charge is 0.481 e. The van der Waals surface area contributed by atoms with Gasteiger partial charge in [-0.1, -0.05) is 13.3 Å². The van der Waals surface area contributed by atoms with E-state index in [1.54, 1.807) is 7.11 Å². The Morgan fingerprint density at radius 1 is 1.60 bits per heavy atom. The smallest absolute Gasteiger partial charge is 0.309 e. The van der Waals surface area contributed by atoms with Gasteiger partial charge >= 0.3 is 5.97 Å². The lowest BCUT2D eigenvalue weighted by molar-refractivity contribution is -0.149. The van der Waals surface area contributed by atoms with Gasteiger partial charge in [0.2, 0.25) is 0 Å². The van der Waals surface area contributed by atoms with E-state index in [9.17, 15) is 9.90 Å². The molecule has 1 aliphatic rings. The van der Waals surface area contributed by atoms with Gasteiger partial charge in [-0.3, -0.25) is 4.79 Å². The van der Waals surface area contributed by atoms with Gasteiger partial charge in [0.05, 0.1) is 5.41 Å². The number of aliphatic carboxylic acids is 1. The zero-order valence-corrected chi connectivity index (χ0v) is 9.79. The molecule has 0 aromatic carbocycles. The zero-order chi connectivity index (χ0) is 11.3. The summed E-state index contributed by atoms with van der Waals surface area (Å²) in [5.41, 5.74) is -0.445. The highest BCUT2D eigenvalue weighted by molar-refractivity contribution is 5.75. The molecule has 0 aromatic heterocycles. The van der Waals surface area contributed by atoms with Gasteiger partial charge in [0, 0.05) is 13.7 Å². The first-order valence-electron chi connectivity index (χ1n) is 5.87. The van der Waals surface area contributed by atoms with Crippen LogP contribution in [-0.2, 0) is 9.53 Å². The summed E-state index contributed by atoms with van der Waals surface area (Å²) in [5, 5.41) is 9.34. The second-order valence-electron chi connectivity index (χ2n) is 4.70. The first kappa shape index (κ1) is 12.5. The fourth-order valence-corrected chi connectivity index (χ4v) is 2.67. The predicted molar refractivity (Wildman–Crippen MR) is 58.8 cm³/mol. The van der Waals surface area contributed by atoms with E-state index >= 15 is 0 Å². The highest BCUT2D eigenvalue weighted by Crippen LogP contribution is 2.46. The molecule has 88 valence electrons. The van der Waals surface area contributed by atoms with Crippen molar-refractivity contribution in [3.63, 3.8) is 0 Å². The van der Waals surface area contributed by atoms with Gasteiger partial charge in [0.1, 0.15) is 0 Å². The molecule has 1 rings (SSSR count). The molecule has 1 saturated carbocycles. The van der Waals surface area contributed by atoms with Gasteiger partial charge in [-0.15, -0.1) is 0 Å². The van der Waals surface area contributed by atoms with Crippen molar-refractivity contribution >= 4 is 5.97 Å². The van der Waals surface area contributed by atoms with Crippen molar-refractivity contribution in [2.45, 2.75) is 45.4 Å². The number of methoxy groups -OCH3 is 1. The maximum absolute atomic E-state index is 11.3. The maximum Gasteiger partial charge on any atom is 0.309 e. The standard InChI is InChI=1S/C12H22O3/c1-3-10-5-7-12(9-10,11(13)14)6-4-8-15-2/h10H,3-9H2,1-2H3,(H,13,14). The first-order valence-corrected chi connectivity index (χ1v) is 5.87. The van der Waals surface area contributed by atoms with Crippen molar-refractivity contribution in [2.24, 2.45) is 11.3 Å². The summed E-state index contributed by atoms with van der Waals surface area (Å²) in [4.78, 5) is 11.3. The fourth-order valence-electron chi connectivity index (χ4n) is 2.67. The van der Waals surface area contributed by atoms with E-state index in [0.717, 1.165) is 38.5 Å². The molecule has 0 spiro atoms. The minimum Gasteiger partial charge on any atom is -0.481 e. The van der Waals surface area contributed by atoms with E-state index in [0.29, 0.717) is 12.5 Å². The van der Waals surface area contributed by atoms with Crippen molar-refractivity contribution in [2.75, 3.05) is 13.7 Å². The monoisotopic (exact) mass is 214 g/mol. The number of rotatable bonds is 6. The molecule has 15 heavy (non-hydrogen) atoms. The normalized spacial score (nSPS) is 30.7. The molecule has 1 aliphatic carbocycles. The third-order valence-electron chi connectivity index (χ3n) is 3.75. The highest BCUT2D eigenvalue weighted by atomic mass is 16.5. The Hall–Kier alpha value is -0.570. The zero-order valence-electron chi connectivity index (χ0n) is 9.79. The van der Waals surface area contributed by atoms with Crippen LogP contribution in [0.25, 0.3) is 0 Å². The molecule has 1 N–H and O–H groups in total. The van der Waals surface area contributed by atoms with Crippen LogP contribution in [0.2, 0.25) is 0 Å². The van der Waals surface area contributed by atoms with Crippen molar-refractivity contribution in [3.05, 3.63) is 0 Å². The van der Waals surface area contributed by atoms with Gasteiger partial charge in [-0.2, -0.15) is 0 Å². The van der Waals surface area contributed by atoms with Crippen LogP contribution >= 0.6 is 0 Å². The Bertz CT molecular complexity index is 215. The molecule has 0 radical (unpaired) electrons. The predicted octanol–water partition coefficient (Wildman–Crippen LogP) is 2.69. The van der Waals surface area contributed by atoms with Gasteiger partial charge in [-0.25, -0.2) is 0 Å². The summed E-state index contributed by atoms with van der Waals surface area (Å²) in [5.74, 6) is 0.0122. The number of ether oxygens (including phenoxy) is 1. The minimum absolute atomic E-state index is 0.445. The molecule has 3 nitrogen and oxygen atoms in total. The van der Waals surface area contributed by atoms with Gasteiger partial charge in [0.15, 0.2) is 0 Å². The average molecular weight is 214 g/mol. The van der Waals surface area contributed by atoms with E-state index in [2.05, 4.69) is 6.92 Å². The molecule has 0 aromatic rings. The Morgan fingerprint density at radius 2 is 2.33 bits per heavy atom. The Morgan fingerprint density at radius 3 is 2.80 bits per heavy atom. The SMILES string of the molecule is CCC1CCC(CCCOC)(C(=O)O)C1. The van der Waals surface area contributed by atoms with Gasteiger partial charge in [0.25, 0.3) is 0 Å². The third kappa shape index (κ3) is 2.94. The minimum atomic E-state index is -0.602. The second kappa shape index (κ2) is 5.50. The molecule has 2 atom stereocenters. The lowest BCUT2D eigenvalue weighted by Gasteiger charge is -2.24. The van der Waals surface area contributed by atoms with E-state index < -0.39 is 11.4 Å². The van der Waals surface area contributed by atoms with Crippen LogP contribution in [0.1, 0.15) is 45.4 Å². The van der Waals surface area contributed by atoms with Crippen molar-refractivity contribution < 1.29 is 14.6 Å². The third-order valence-corrected chi connectivity index (χ3v) is 3.75. The van der Waals surface area contributed by atoms with E-state index in [1.165, 1.54) is 0 Å². The lowest BCUT2D eigenvalue weighted by Crippen LogP contribution is -2.28. The van der Waals surface area contributed by atoms with E-state index in [4.69, 9.17) is 4.74 Å². The summed E-state index contributed by atoms with van der Waals surface area (Å²) in [7, 11) is 1.66. The van der Waals surface area contributed by atoms with Crippen LogP contribution in [0.4, 0.5) is 0 Å². The molecule has 1 fully saturated rings. The molecule has 3 heteroatoms. The summed E-state index contributed by atoms with van der Waals surface area (Å²) >= 11 is 0. The Kier molecular flexibility index (Phi) is 4.58. The van der Waals surface area contributed by atoms with Crippen LogP contribution in [0.3, 0.4) is 0 Å². The van der Waals surface area contributed by atoms with Crippen LogP contribution in [0.15, 0.2) is 0 Å². The lowest BCUT2D eigenvalue weighted by atomic mass is 9.80. The van der Waals surface area contributed by atoms with E-state index in [1.807, 2.05) is 0 Å². The summed E-state index contributed by atoms with van der Waals surface area (Å²) in [6.07, 6.45) is 5.54. The highest BCUT2D eigenvalue weighted by Gasteiger charge is 2.44. The molecule has 0 aliphatic heterocycles. The number of carbonyl (C=O) groups is 1. The average Bonchev–Trinajstić information content (AvgIpc) is 2.63. The molecular formula is C12H22O3. The fraction of sp³-hybridized carbons (Fsp3) is 0.917. The summed E-state index contributed by atoms with van der Waals surface area (Å²) in [6.45, 7) is 2.82. The number of carboxylic acid groups (broad SMARTS) is 1. The summed E-state index contributed by atoms with van der Waals surface area (Å²) < 4.78 is 4.99. The van der Waals surface area contributed by atoms with Gasteiger partial charge in [-0.05, 0) is 38.0 Å². The number of carboxylic acids is 1. The van der Waals surface area contributed by atoms with Crippen molar-refractivity contribution in [3.8, 4) is 0 Å². The quantitative estimate of drug-likeness (QED) is 0.691. The summed E-state index contributed by atoms with van der Waals surface area (Å²) in [6, 6.07) is 0. The first-order chi connectivity index (χ1) is 7.14. The molecule has 0 saturated heterocycles. The molecular weight excluding hydrogens is 192 g/mol. The van der Waals surface area contributed by atoms with E-state index in [-0.39, 0.29) is 0 Å². The molecule has 2 unspecified atom stereocenters. The molecule has 0 heterocycles. The topological polar surface area (TPSA) is 46.5 Å². The molecule has 0 amide bonds. The second-order valence-corrected chi connectivity index (χ2v) is 4.70.